The summed E-state index contributed by atoms with van der Waals surface area (Å²) in [4.78, 5) is 0. The molecule has 0 radical (unpaired) electrons. The summed E-state index contributed by atoms with van der Waals surface area (Å²) in [6.45, 7) is 0. The molecule has 8 heteroatoms. The van der Waals surface area contributed by atoms with Crippen LogP contribution in [0.1, 0.15) is 27.8 Å². The van der Waals surface area contributed by atoms with Crippen LogP contribution in [0.4, 0.5) is 13.2 Å². The monoisotopic (exact) mass is 662 g/mol. The molecule has 0 bridgehead atoms. The molecule has 0 N–H and O–H groups in total. The summed E-state index contributed by atoms with van der Waals surface area (Å²) in [5.41, 5.74) is 6.44. The van der Waals surface area contributed by atoms with Crippen molar-refractivity contribution in [2.75, 3.05) is 0 Å². The lowest BCUT2D eigenvalue weighted by Crippen LogP contribution is -2.07. The Labute approximate surface area is 248 Å². The average molecular weight is 662 g/mol. The van der Waals surface area contributed by atoms with Gasteiger partial charge in [-0.15, -0.1) is 0 Å². The zero-order valence-electron chi connectivity index (χ0n) is 21.4. The molecule has 4 aromatic rings. The zero-order valence-corrected chi connectivity index (χ0v) is 23.6. The molecule has 4 aromatic carbocycles. The molecule has 0 saturated carbocycles. The van der Waals surface area contributed by atoms with Gasteiger partial charge in [0.2, 0.25) is 0 Å². The van der Waals surface area contributed by atoms with Crippen molar-refractivity contribution in [1.82, 2.24) is 0 Å². The Hall–Kier alpha value is -5.29. The molecule has 0 aromatic heterocycles. The van der Waals surface area contributed by atoms with E-state index in [4.69, 9.17) is 0 Å². The predicted molar refractivity (Wildman–Crippen MR) is 162 cm³/mol. The number of fused-ring (bicyclic) bond motifs is 6. The van der Waals surface area contributed by atoms with Crippen LogP contribution in [0.2, 0.25) is 0 Å². The van der Waals surface area contributed by atoms with E-state index < -0.39 is 32.5 Å². The van der Waals surface area contributed by atoms with Crippen LogP contribution < -0.4 is 0 Å². The number of nitriles is 4. The number of hydrogen-bond donors (Lipinski definition) is 0. The molecule has 0 spiro atoms. The first-order valence-electron chi connectivity index (χ1n) is 12.4. The van der Waals surface area contributed by atoms with Gasteiger partial charge in [-0.25, -0.2) is 0 Å². The average Bonchev–Trinajstić information content (AvgIpc) is 3.49. The van der Waals surface area contributed by atoms with Gasteiger partial charge >= 0.3 is 6.18 Å². The van der Waals surface area contributed by atoms with Crippen molar-refractivity contribution in [2.24, 2.45) is 0 Å². The third-order valence-electron chi connectivity index (χ3n) is 7.46. The number of alkyl halides is 3. The molecule has 2 aliphatic rings. The molecule has 6 rings (SSSR count). The lowest BCUT2D eigenvalue weighted by Gasteiger charge is -2.13. The van der Waals surface area contributed by atoms with Gasteiger partial charge in [0.25, 0.3) is 0 Å². The van der Waals surface area contributed by atoms with Gasteiger partial charge in [-0.05, 0) is 86.0 Å². The maximum atomic E-state index is 13.8. The van der Waals surface area contributed by atoms with Crippen LogP contribution in [0.15, 0.2) is 83.9 Å². The summed E-state index contributed by atoms with van der Waals surface area (Å²) in [5.74, 6) is 0. The van der Waals surface area contributed by atoms with E-state index in [1.807, 2.05) is 60.7 Å². The molecule has 0 amide bonds. The third kappa shape index (κ3) is 3.97. The minimum Gasteiger partial charge on any atom is -0.192 e. The summed E-state index contributed by atoms with van der Waals surface area (Å²) < 4.78 is 45.4. The Morgan fingerprint density at radius 2 is 1.05 bits per heavy atom. The fourth-order valence-corrected chi connectivity index (χ4v) is 7.01. The quantitative estimate of drug-likeness (QED) is 0.137. The van der Waals surface area contributed by atoms with Gasteiger partial charge in [0.15, 0.2) is 0 Å². The zero-order chi connectivity index (χ0) is 29.8. The fraction of sp³-hybridized carbons (Fsp3) is 0.0294. The van der Waals surface area contributed by atoms with Crippen molar-refractivity contribution in [3.63, 3.8) is 0 Å². The van der Waals surface area contributed by atoms with Crippen LogP contribution in [0, 0.1) is 48.9 Å². The smallest absolute Gasteiger partial charge is 0.192 e. The van der Waals surface area contributed by atoms with Crippen molar-refractivity contribution >= 4 is 36.4 Å². The number of rotatable bonds is 2. The molecule has 0 saturated heterocycles. The summed E-state index contributed by atoms with van der Waals surface area (Å²) in [6.07, 6.45) is -4.52. The second kappa shape index (κ2) is 9.96. The standard InChI is InChI=1S/C34H14F3IN4/c1-38-31-9-7-19(11-30(31)34(35,36)37)18-6-8-23-26-13-28-25(12-29(26)33(27(23)10-18)21(16-41)17-42)22-4-2-3-5-24(22)32(28)20(14-39)15-40/h2-13H,1H2. The van der Waals surface area contributed by atoms with E-state index in [0.717, 1.165) is 22.8 Å². The van der Waals surface area contributed by atoms with Gasteiger partial charge in [-0.1, -0.05) is 67.7 Å². The van der Waals surface area contributed by atoms with Gasteiger partial charge in [0.1, 0.15) is 35.4 Å². The number of hydrogen-bond acceptors (Lipinski definition) is 4. The van der Waals surface area contributed by atoms with E-state index in [2.05, 4.69) is 4.51 Å². The normalized spacial score (nSPS) is 12.2. The molecule has 0 aliphatic heterocycles. The van der Waals surface area contributed by atoms with Crippen molar-refractivity contribution < 1.29 is 13.2 Å². The number of nitrogens with zero attached hydrogens (tertiary/aromatic N) is 4. The lowest BCUT2D eigenvalue weighted by molar-refractivity contribution is -0.138. The third-order valence-corrected chi connectivity index (χ3v) is 9.22. The Morgan fingerprint density at radius 3 is 1.60 bits per heavy atom. The van der Waals surface area contributed by atoms with E-state index in [1.54, 1.807) is 24.3 Å². The molecule has 0 fully saturated rings. The number of allylic oxidation sites excluding steroid dienone is 2. The van der Waals surface area contributed by atoms with Gasteiger partial charge in [-0.2, -0.15) is 34.2 Å². The molecule has 2 aliphatic carbocycles. The highest BCUT2D eigenvalue weighted by molar-refractivity contribution is 14.2. The van der Waals surface area contributed by atoms with Crippen molar-refractivity contribution in [1.29, 1.82) is 21.0 Å². The topological polar surface area (TPSA) is 95.2 Å². The highest BCUT2D eigenvalue weighted by Crippen LogP contribution is 2.53. The van der Waals surface area contributed by atoms with E-state index in [-0.39, 0.29) is 14.7 Å². The van der Waals surface area contributed by atoms with Gasteiger partial charge < -0.3 is 0 Å². The molecule has 4 nitrogen and oxygen atoms in total. The minimum atomic E-state index is -4.52. The van der Waals surface area contributed by atoms with Crippen LogP contribution in [0.5, 0.6) is 0 Å². The molecule has 0 unspecified atom stereocenters. The van der Waals surface area contributed by atoms with E-state index in [1.165, 1.54) is 6.07 Å². The maximum Gasteiger partial charge on any atom is 0.417 e. The van der Waals surface area contributed by atoms with Crippen LogP contribution in [-0.4, -0.2) is 4.51 Å². The van der Waals surface area contributed by atoms with Crippen molar-refractivity contribution in [2.45, 2.75) is 6.18 Å². The fourth-order valence-electron chi connectivity index (χ4n) is 5.70. The largest absolute Gasteiger partial charge is 0.417 e. The van der Waals surface area contributed by atoms with E-state index in [0.29, 0.717) is 50.1 Å². The number of benzene rings is 4. The van der Waals surface area contributed by atoms with Crippen molar-refractivity contribution in [3.05, 3.63) is 115 Å². The Morgan fingerprint density at radius 1 is 0.571 bits per heavy atom. The highest BCUT2D eigenvalue weighted by atomic mass is 127. The SMILES string of the molecule is C=Ic1ccc(-c2ccc3c(c2)C(=C(C#N)C#N)c2cc4c(cc2-3)C(=C(C#N)C#N)c2ccccc2-4)cc1C(F)(F)F. The number of halogens is 4. The molecular formula is C34H14F3IN4. The summed E-state index contributed by atoms with van der Waals surface area (Å²) in [5, 5.41) is 39.3. The first kappa shape index (κ1) is 26.9. The van der Waals surface area contributed by atoms with Crippen molar-refractivity contribution in [3.8, 4) is 57.7 Å². The van der Waals surface area contributed by atoms with Crippen LogP contribution in [0.3, 0.4) is 0 Å². The Balaban J connectivity index is 1.63. The summed E-state index contributed by atoms with van der Waals surface area (Å²) in [7, 11) is 0. The molecular weight excluding hydrogens is 648 g/mol. The van der Waals surface area contributed by atoms with Crippen LogP contribution in [0.25, 0.3) is 44.5 Å². The predicted octanol–water partition coefficient (Wildman–Crippen LogP) is 8.60. The van der Waals surface area contributed by atoms with Crippen LogP contribution in [-0.2, 0) is 6.18 Å². The first-order valence-corrected chi connectivity index (χ1v) is 15.0. The lowest BCUT2D eigenvalue weighted by atomic mass is 9.93. The molecule has 0 atom stereocenters. The second-order valence-corrected chi connectivity index (χ2v) is 11.4. The van der Waals surface area contributed by atoms with Gasteiger partial charge in [0.05, 0.1) is 5.56 Å². The highest BCUT2D eigenvalue weighted by Gasteiger charge is 2.35. The van der Waals surface area contributed by atoms with Crippen LogP contribution >= 0.6 is 20.7 Å². The molecule has 42 heavy (non-hydrogen) atoms. The maximum absolute atomic E-state index is 13.8. The van der Waals surface area contributed by atoms with Gasteiger partial charge in [0, 0.05) is 14.7 Å². The first-order chi connectivity index (χ1) is 20.2. The second-order valence-electron chi connectivity index (χ2n) is 9.52. The molecule has 198 valence electrons. The van der Waals surface area contributed by atoms with E-state index >= 15 is 0 Å². The van der Waals surface area contributed by atoms with Gasteiger partial charge in [-0.3, -0.25) is 0 Å². The Bertz CT molecular complexity index is 2110. The summed E-state index contributed by atoms with van der Waals surface area (Å²) in [6, 6.07) is 28.5. The summed E-state index contributed by atoms with van der Waals surface area (Å²) >= 11 is -1.05. The molecule has 0 heterocycles. The Kier molecular flexibility index (Phi) is 6.38. The van der Waals surface area contributed by atoms with E-state index in [9.17, 15) is 34.2 Å². The minimum absolute atomic E-state index is 0.0335.